The SMILES string of the molecule is O=C(NCc1c(F)cccc1Cl)c1ccc(-c2[nH]nc3ncccc23)[nH]1. The van der Waals surface area contributed by atoms with Gasteiger partial charge in [-0.05, 0) is 36.4 Å². The molecule has 0 atom stereocenters. The van der Waals surface area contributed by atoms with E-state index in [2.05, 4.69) is 25.5 Å². The van der Waals surface area contributed by atoms with Gasteiger partial charge in [0, 0.05) is 28.7 Å². The van der Waals surface area contributed by atoms with Crippen LogP contribution >= 0.6 is 11.6 Å². The number of carbonyl (C=O) groups excluding carboxylic acids is 1. The lowest BCUT2D eigenvalue weighted by Crippen LogP contribution is -2.23. The smallest absolute Gasteiger partial charge is 0.267 e. The molecule has 4 rings (SSSR count). The van der Waals surface area contributed by atoms with E-state index in [1.165, 1.54) is 12.1 Å². The molecule has 26 heavy (non-hydrogen) atoms. The Hall–Kier alpha value is -3.19. The summed E-state index contributed by atoms with van der Waals surface area (Å²) in [5.41, 5.74) is 2.63. The Labute approximate surface area is 152 Å². The summed E-state index contributed by atoms with van der Waals surface area (Å²) < 4.78 is 13.8. The molecule has 6 nitrogen and oxygen atoms in total. The summed E-state index contributed by atoms with van der Waals surface area (Å²) in [7, 11) is 0. The number of hydrogen-bond donors (Lipinski definition) is 3. The van der Waals surface area contributed by atoms with Crippen molar-refractivity contribution in [3.05, 3.63) is 70.8 Å². The van der Waals surface area contributed by atoms with E-state index >= 15 is 0 Å². The van der Waals surface area contributed by atoms with Gasteiger partial charge in [0.1, 0.15) is 11.5 Å². The van der Waals surface area contributed by atoms with E-state index in [-0.39, 0.29) is 23.0 Å². The zero-order chi connectivity index (χ0) is 18.1. The maximum atomic E-state index is 13.8. The molecule has 0 saturated heterocycles. The molecule has 8 heteroatoms. The second-order valence-corrected chi connectivity index (χ2v) is 6.05. The van der Waals surface area contributed by atoms with Gasteiger partial charge in [-0.2, -0.15) is 5.10 Å². The van der Waals surface area contributed by atoms with Gasteiger partial charge in [0.2, 0.25) is 0 Å². The van der Waals surface area contributed by atoms with Crippen LogP contribution in [0.2, 0.25) is 5.02 Å². The maximum Gasteiger partial charge on any atom is 0.267 e. The van der Waals surface area contributed by atoms with Crippen molar-refractivity contribution >= 4 is 28.5 Å². The summed E-state index contributed by atoms with van der Waals surface area (Å²) in [6.45, 7) is -0.00436. The summed E-state index contributed by atoms with van der Waals surface area (Å²) in [5, 5.41) is 10.8. The minimum Gasteiger partial charge on any atom is -0.349 e. The largest absolute Gasteiger partial charge is 0.349 e. The maximum absolute atomic E-state index is 13.8. The average Bonchev–Trinajstić information content (AvgIpc) is 3.28. The minimum absolute atomic E-state index is 0.00436. The Bertz CT molecular complexity index is 1080. The molecule has 0 aliphatic heterocycles. The Balaban J connectivity index is 1.53. The second kappa shape index (κ2) is 6.61. The lowest BCUT2D eigenvalue weighted by molar-refractivity contribution is 0.0946. The van der Waals surface area contributed by atoms with Crippen LogP contribution in [-0.4, -0.2) is 26.1 Å². The number of rotatable bonds is 4. The first-order valence-corrected chi connectivity index (χ1v) is 8.21. The fourth-order valence-electron chi connectivity index (χ4n) is 2.69. The summed E-state index contributed by atoms with van der Waals surface area (Å²) in [4.78, 5) is 19.5. The molecule has 0 unspecified atom stereocenters. The third-order valence-electron chi connectivity index (χ3n) is 4.02. The molecule has 0 spiro atoms. The quantitative estimate of drug-likeness (QED) is 0.513. The molecule has 1 aromatic carbocycles. The molecule has 130 valence electrons. The van der Waals surface area contributed by atoms with Crippen LogP contribution in [0.1, 0.15) is 16.1 Å². The fourth-order valence-corrected chi connectivity index (χ4v) is 2.92. The van der Waals surface area contributed by atoms with E-state index in [4.69, 9.17) is 11.6 Å². The first-order chi connectivity index (χ1) is 12.6. The molecule has 0 aliphatic rings. The van der Waals surface area contributed by atoms with Crippen molar-refractivity contribution in [3.63, 3.8) is 0 Å². The Morgan fingerprint density at radius 2 is 2.08 bits per heavy atom. The van der Waals surface area contributed by atoms with Gasteiger partial charge in [0.25, 0.3) is 5.91 Å². The van der Waals surface area contributed by atoms with Gasteiger partial charge in [-0.15, -0.1) is 0 Å². The number of amides is 1. The second-order valence-electron chi connectivity index (χ2n) is 5.64. The fraction of sp³-hybridized carbons (Fsp3) is 0.0556. The number of benzene rings is 1. The van der Waals surface area contributed by atoms with E-state index in [0.29, 0.717) is 17.0 Å². The van der Waals surface area contributed by atoms with Crippen molar-refractivity contribution < 1.29 is 9.18 Å². The number of halogens is 2. The highest BCUT2D eigenvalue weighted by Gasteiger charge is 2.14. The topological polar surface area (TPSA) is 86.5 Å². The zero-order valence-corrected chi connectivity index (χ0v) is 14.1. The molecule has 3 N–H and O–H groups in total. The van der Waals surface area contributed by atoms with Gasteiger partial charge < -0.3 is 10.3 Å². The van der Waals surface area contributed by atoms with E-state index in [1.807, 2.05) is 12.1 Å². The van der Waals surface area contributed by atoms with E-state index in [0.717, 1.165) is 11.1 Å². The highest BCUT2D eigenvalue weighted by atomic mass is 35.5. The number of nitrogens with one attached hydrogen (secondary N) is 3. The van der Waals surface area contributed by atoms with Gasteiger partial charge in [0.05, 0.1) is 11.4 Å². The van der Waals surface area contributed by atoms with Crippen molar-refractivity contribution in [2.45, 2.75) is 6.54 Å². The molecule has 1 amide bonds. The van der Waals surface area contributed by atoms with Crippen LogP contribution in [0.15, 0.2) is 48.7 Å². The Kier molecular flexibility index (Phi) is 4.14. The van der Waals surface area contributed by atoms with E-state index in [1.54, 1.807) is 24.4 Å². The highest BCUT2D eigenvalue weighted by molar-refractivity contribution is 6.31. The van der Waals surface area contributed by atoms with Crippen LogP contribution in [0, 0.1) is 5.82 Å². The van der Waals surface area contributed by atoms with E-state index < -0.39 is 5.82 Å². The standard InChI is InChI=1S/C18H13ClFN5O/c19-12-4-1-5-13(20)11(12)9-22-18(26)15-7-6-14(23-15)16-10-3-2-8-21-17(10)25-24-16/h1-8,23H,9H2,(H,22,26)(H,21,24,25). The molecule has 3 aromatic heterocycles. The highest BCUT2D eigenvalue weighted by Crippen LogP contribution is 2.24. The van der Waals surface area contributed by atoms with E-state index in [9.17, 15) is 9.18 Å². The number of aromatic nitrogens is 4. The van der Waals surface area contributed by atoms with Crippen molar-refractivity contribution in [2.24, 2.45) is 0 Å². The van der Waals surface area contributed by atoms with Gasteiger partial charge in [-0.25, -0.2) is 9.37 Å². The number of carbonyl (C=O) groups is 1. The molecule has 4 aromatic rings. The van der Waals surface area contributed by atoms with Gasteiger partial charge in [0.15, 0.2) is 5.65 Å². The van der Waals surface area contributed by atoms with Crippen molar-refractivity contribution in [1.82, 2.24) is 25.5 Å². The molecule has 0 aliphatic carbocycles. The molecule has 0 saturated carbocycles. The number of nitrogens with zero attached hydrogens (tertiary/aromatic N) is 2. The van der Waals surface area contributed by atoms with Crippen molar-refractivity contribution in [3.8, 4) is 11.4 Å². The number of hydrogen-bond acceptors (Lipinski definition) is 3. The third kappa shape index (κ3) is 2.93. The van der Waals surface area contributed by atoms with Crippen LogP contribution < -0.4 is 5.32 Å². The average molecular weight is 370 g/mol. The monoisotopic (exact) mass is 369 g/mol. The molecule has 0 bridgehead atoms. The number of H-pyrrole nitrogens is 2. The Morgan fingerprint density at radius 1 is 1.19 bits per heavy atom. The number of fused-ring (bicyclic) bond motifs is 1. The number of pyridine rings is 1. The first kappa shape index (κ1) is 16.3. The summed E-state index contributed by atoms with van der Waals surface area (Å²) in [6, 6.07) is 11.5. The zero-order valence-electron chi connectivity index (χ0n) is 13.4. The van der Waals surface area contributed by atoms with Gasteiger partial charge >= 0.3 is 0 Å². The molecule has 0 fully saturated rings. The molecular formula is C18H13ClFN5O. The van der Waals surface area contributed by atoms with Gasteiger partial charge in [-0.1, -0.05) is 17.7 Å². The van der Waals surface area contributed by atoms with Crippen molar-refractivity contribution in [1.29, 1.82) is 0 Å². The third-order valence-corrected chi connectivity index (χ3v) is 4.37. The lowest BCUT2D eigenvalue weighted by Gasteiger charge is -2.07. The minimum atomic E-state index is -0.457. The summed E-state index contributed by atoms with van der Waals surface area (Å²) in [6.07, 6.45) is 1.66. The summed E-state index contributed by atoms with van der Waals surface area (Å²) in [5.74, 6) is -0.820. The van der Waals surface area contributed by atoms with Crippen LogP contribution in [-0.2, 0) is 6.54 Å². The Morgan fingerprint density at radius 3 is 2.92 bits per heavy atom. The summed E-state index contributed by atoms with van der Waals surface area (Å²) >= 11 is 5.97. The van der Waals surface area contributed by atoms with Crippen LogP contribution in [0.3, 0.4) is 0 Å². The molecular weight excluding hydrogens is 357 g/mol. The first-order valence-electron chi connectivity index (χ1n) is 7.83. The van der Waals surface area contributed by atoms with Crippen LogP contribution in [0.4, 0.5) is 4.39 Å². The molecule has 3 heterocycles. The van der Waals surface area contributed by atoms with Crippen LogP contribution in [0.5, 0.6) is 0 Å². The number of aromatic amines is 2. The van der Waals surface area contributed by atoms with Crippen LogP contribution in [0.25, 0.3) is 22.4 Å². The normalized spacial score (nSPS) is 11.0. The predicted octanol–water partition coefficient (Wildman–Crippen LogP) is 3.68. The molecule has 0 radical (unpaired) electrons. The van der Waals surface area contributed by atoms with Gasteiger partial charge in [-0.3, -0.25) is 9.89 Å². The lowest BCUT2D eigenvalue weighted by atomic mass is 10.2. The van der Waals surface area contributed by atoms with Crippen molar-refractivity contribution in [2.75, 3.05) is 0 Å². The predicted molar refractivity (Wildman–Crippen MR) is 96.3 cm³/mol.